The van der Waals surface area contributed by atoms with Gasteiger partial charge in [-0.25, -0.2) is 4.79 Å². The van der Waals surface area contributed by atoms with Crippen molar-refractivity contribution in [2.24, 2.45) is 0 Å². The first kappa shape index (κ1) is 15.8. The molecule has 1 aliphatic heterocycles. The number of aromatic nitrogens is 2. The number of amides is 2. The van der Waals surface area contributed by atoms with E-state index in [9.17, 15) is 4.79 Å². The molecule has 7 heteroatoms. The fraction of sp³-hybridized carbons (Fsp3) is 0.786. The standard InChI is InChI=1S/C14H24N4O3/c1-5-17(6-2)14(19)18-7-8-20-11(9-18)12-15-13(10(3)4)21-16-12/h10-11H,5-9H2,1-4H3/t11-/m0/s1. The average molecular weight is 296 g/mol. The fourth-order valence-corrected chi connectivity index (χ4v) is 2.29. The maximum atomic E-state index is 12.4. The van der Waals surface area contributed by atoms with E-state index in [1.54, 1.807) is 9.80 Å². The van der Waals surface area contributed by atoms with Crippen molar-refractivity contribution in [3.63, 3.8) is 0 Å². The van der Waals surface area contributed by atoms with Crippen LogP contribution in [-0.4, -0.2) is 58.8 Å². The lowest BCUT2D eigenvalue weighted by molar-refractivity contribution is -0.0254. The Morgan fingerprint density at radius 1 is 1.43 bits per heavy atom. The highest BCUT2D eigenvalue weighted by molar-refractivity contribution is 5.74. The summed E-state index contributed by atoms with van der Waals surface area (Å²) in [5, 5.41) is 3.98. The predicted octanol–water partition coefficient (Wildman–Crippen LogP) is 2.03. The first-order chi connectivity index (χ1) is 10.1. The van der Waals surface area contributed by atoms with Crippen molar-refractivity contribution in [2.45, 2.75) is 39.7 Å². The summed E-state index contributed by atoms with van der Waals surface area (Å²) in [6, 6.07) is 0.0425. The zero-order chi connectivity index (χ0) is 15.4. The van der Waals surface area contributed by atoms with E-state index in [0.717, 1.165) is 0 Å². The van der Waals surface area contributed by atoms with Gasteiger partial charge in [-0.1, -0.05) is 19.0 Å². The van der Waals surface area contributed by atoms with Crippen LogP contribution in [0.5, 0.6) is 0 Å². The minimum atomic E-state index is -0.311. The lowest BCUT2D eigenvalue weighted by atomic mass is 10.2. The van der Waals surface area contributed by atoms with Gasteiger partial charge in [0, 0.05) is 25.6 Å². The summed E-state index contributed by atoms with van der Waals surface area (Å²) in [6.45, 7) is 10.9. The van der Waals surface area contributed by atoms with E-state index in [4.69, 9.17) is 9.26 Å². The normalized spacial score (nSPS) is 19.1. The summed E-state index contributed by atoms with van der Waals surface area (Å²) in [7, 11) is 0. The lowest BCUT2D eigenvalue weighted by Crippen LogP contribution is -2.49. The van der Waals surface area contributed by atoms with Gasteiger partial charge in [0.2, 0.25) is 11.7 Å². The van der Waals surface area contributed by atoms with Crippen LogP contribution in [0.2, 0.25) is 0 Å². The third kappa shape index (κ3) is 3.53. The van der Waals surface area contributed by atoms with Crippen molar-refractivity contribution in [3.05, 3.63) is 11.7 Å². The molecular formula is C14H24N4O3. The van der Waals surface area contributed by atoms with E-state index >= 15 is 0 Å². The molecule has 0 spiro atoms. The van der Waals surface area contributed by atoms with Crippen molar-refractivity contribution in [2.75, 3.05) is 32.8 Å². The van der Waals surface area contributed by atoms with Gasteiger partial charge < -0.3 is 19.1 Å². The molecule has 0 aliphatic carbocycles. The molecule has 0 saturated carbocycles. The topological polar surface area (TPSA) is 71.7 Å². The first-order valence-corrected chi connectivity index (χ1v) is 7.55. The Hall–Kier alpha value is -1.63. The second kappa shape index (κ2) is 6.89. The minimum absolute atomic E-state index is 0.0425. The molecule has 2 amide bonds. The molecule has 0 aromatic carbocycles. The molecule has 1 aliphatic rings. The van der Waals surface area contributed by atoms with Crippen LogP contribution in [0.1, 0.15) is 51.4 Å². The van der Waals surface area contributed by atoms with Gasteiger partial charge in [-0.05, 0) is 13.8 Å². The SMILES string of the molecule is CCN(CC)C(=O)N1CCO[C@H](c2noc(C(C)C)n2)C1. The van der Waals surface area contributed by atoms with E-state index in [2.05, 4.69) is 10.1 Å². The lowest BCUT2D eigenvalue weighted by Gasteiger charge is -2.34. The van der Waals surface area contributed by atoms with E-state index in [1.165, 1.54) is 0 Å². The Kier molecular flexibility index (Phi) is 5.17. The molecule has 118 valence electrons. The molecule has 7 nitrogen and oxygen atoms in total. The van der Waals surface area contributed by atoms with Crippen LogP contribution < -0.4 is 0 Å². The van der Waals surface area contributed by atoms with Gasteiger partial charge >= 0.3 is 6.03 Å². The molecule has 0 N–H and O–H groups in total. The smallest absolute Gasteiger partial charge is 0.320 e. The quantitative estimate of drug-likeness (QED) is 0.850. The predicted molar refractivity (Wildman–Crippen MR) is 77.0 cm³/mol. The summed E-state index contributed by atoms with van der Waals surface area (Å²) in [5.74, 6) is 1.31. The summed E-state index contributed by atoms with van der Waals surface area (Å²) < 4.78 is 10.9. The second-order valence-corrected chi connectivity index (χ2v) is 5.41. The minimum Gasteiger partial charge on any atom is -0.366 e. The third-order valence-corrected chi connectivity index (χ3v) is 3.61. The summed E-state index contributed by atoms with van der Waals surface area (Å²) in [6.07, 6.45) is -0.311. The Bertz CT molecular complexity index is 471. The van der Waals surface area contributed by atoms with Gasteiger partial charge in [0.05, 0.1) is 13.2 Å². The number of rotatable bonds is 4. The monoisotopic (exact) mass is 296 g/mol. The molecule has 0 bridgehead atoms. The second-order valence-electron chi connectivity index (χ2n) is 5.41. The zero-order valence-corrected chi connectivity index (χ0v) is 13.2. The van der Waals surface area contributed by atoms with Crippen LogP contribution in [0.3, 0.4) is 0 Å². The van der Waals surface area contributed by atoms with Gasteiger partial charge in [-0.3, -0.25) is 0 Å². The Labute approximate surface area is 125 Å². The average Bonchev–Trinajstić information content (AvgIpc) is 2.98. The fourth-order valence-electron chi connectivity index (χ4n) is 2.29. The maximum absolute atomic E-state index is 12.4. The van der Waals surface area contributed by atoms with Crippen molar-refractivity contribution < 1.29 is 14.1 Å². The summed E-state index contributed by atoms with van der Waals surface area (Å²) in [4.78, 5) is 20.3. The Balaban J connectivity index is 2.04. The maximum Gasteiger partial charge on any atom is 0.320 e. The van der Waals surface area contributed by atoms with Crippen LogP contribution in [0.15, 0.2) is 4.52 Å². The molecule has 2 rings (SSSR count). The van der Waals surface area contributed by atoms with Crippen molar-refractivity contribution >= 4 is 6.03 Å². The van der Waals surface area contributed by atoms with Gasteiger partial charge in [-0.2, -0.15) is 4.98 Å². The van der Waals surface area contributed by atoms with E-state index in [1.807, 2.05) is 27.7 Å². The molecule has 0 radical (unpaired) electrons. The highest BCUT2D eigenvalue weighted by atomic mass is 16.5. The van der Waals surface area contributed by atoms with E-state index in [-0.39, 0.29) is 18.1 Å². The van der Waals surface area contributed by atoms with Gasteiger partial charge in [0.1, 0.15) is 6.10 Å². The number of urea groups is 1. The van der Waals surface area contributed by atoms with Crippen LogP contribution in [0, 0.1) is 0 Å². The largest absolute Gasteiger partial charge is 0.366 e. The molecule has 1 atom stereocenters. The molecular weight excluding hydrogens is 272 g/mol. The van der Waals surface area contributed by atoms with Gasteiger partial charge in [0.15, 0.2) is 0 Å². The molecule has 1 saturated heterocycles. The van der Waals surface area contributed by atoms with Crippen molar-refractivity contribution in [1.29, 1.82) is 0 Å². The summed E-state index contributed by atoms with van der Waals surface area (Å²) in [5.41, 5.74) is 0. The van der Waals surface area contributed by atoms with Crippen LogP contribution >= 0.6 is 0 Å². The number of hydrogen-bond acceptors (Lipinski definition) is 5. The van der Waals surface area contributed by atoms with Crippen LogP contribution in [-0.2, 0) is 4.74 Å². The molecule has 1 aromatic rings. The number of nitrogens with zero attached hydrogens (tertiary/aromatic N) is 4. The number of carbonyl (C=O) groups excluding carboxylic acids is 1. The molecule has 1 fully saturated rings. The zero-order valence-electron chi connectivity index (χ0n) is 13.2. The Morgan fingerprint density at radius 3 is 2.71 bits per heavy atom. The molecule has 2 heterocycles. The van der Waals surface area contributed by atoms with Crippen LogP contribution in [0.25, 0.3) is 0 Å². The van der Waals surface area contributed by atoms with E-state index < -0.39 is 0 Å². The van der Waals surface area contributed by atoms with Crippen LogP contribution in [0.4, 0.5) is 4.79 Å². The molecule has 0 unspecified atom stereocenters. The molecule has 1 aromatic heterocycles. The Morgan fingerprint density at radius 2 is 2.14 bits per heavy atom. The number of carbonyl (C=O) groups is 1. The van der Waals surface area contributed by atoms with E-state index in [0.29, 0.717) is 44.5 Å². The van der Waals surface area contributed by atoms with Gasteiger partial charge in [0.25, 0.3) is 0 Å². The first-order valence-electron chi connectivity index (χ1n) is 7.55. The number of ether oxygens (including phenoxy) is 1. The van der Waals surface area contributed by atoms with Crippen molar-refractivity contribution in [1.82, 2.24) is 19.9 Å². The molecule has 21 heavy (non-hydrogen) atoms. The number of morpholine rings is 1. The highest BCUT2D eigenvalue weighted by Gasteiger charge is 2.30. The number of hydrogen-bond donors (Lipinski definition) is 0. The third-order valence-electron chi connectivity index (χ3n) is 3.61. The highest BCUT2D eigenvalue weighted by Crippen LogP contribution is 2.22. The van der Waals surface area contributed by atoms with Crippen molar-refractivity contribution in [3.8, 4) is 0 Å². The summed E-state index contributed by atoms with van der Waals surface area (Å²) >= 11 is 0. The van der Waals surface area contributed by atoms with Gasteiger partial charge in [-0.15, -0.1) is 0 Å².